The summed E-state index contributed by atoms with van der Waals surface area (Å²) in [6, 6.07) is 0.743. The maximum atomic E-state index is 3.84. The molecule has 0 radical (unpaired) electrons. The first-order chi connectivity index (χ1) is 14.8. The quantitative estimate of drug-likeness (QED) is 0.344. The molecule has 4 unspecified atom stereocenters. The van der Waals surface area contributed by atoms with Crippen LogP contribution in [-0.2, 0) is 0 Å². The van der Waals surface area contributed by atoms with Gasteiger partial charge in [-0.1, -0.05) is 94.7 Å². The van der Waals surface area contributed by atoms with Gasteiger partial charge < -0.3 is 5.32 Å². The van der Waals surface area contributed by atoms with E-state index in [-0.39, 0.29) is 22.3 Å². The smallest absolute Gasteiger partial charge is 0.0105 e. The Morgan fingerprint density at radius 2 is 1.68 bits per heavy atom. The van der Waals surface area contributed by atoms with Crippen LogP contribution in [0.15, 0.2) is 11.6 Å². The van der Waals surface area contributed by atoms with Crippen molar-refractivity contribution in [2.75, 3.05) is 6.54 Å². The van der Waals surface area contributed by atoms with Gasteiger partial charge in [0.15, 0.2) is 0 Å². The van der Waals surface area contributed by atoms with Gasteiger partial charge >= 0.3 is 0 Å². The Kier molecular flexibility index (Phi) is 11.9. The Balaban J connectivity index is 0.00000193. The Labute approximate surface area is 216 Å². The van der Waals surface area contributed by atoms with Gasteiger partial charge in [-0.2, -0.15) is 0 Å². The minimum Gasteiger partial charge on any atom is -0.314 e. The van der Waals surface area contributed by atoms with Crippen molar-refractivity contribution < 1.29 is 0 Å². The molecule has 4 aliphatic rings. The summed E-state index contributed by atoms with van der Waals surface area (Å²) in [5.41, 5.74) is 2.98. The van der Waals surface area contributed by atoms with E-state index in [0.717, 1.165) is 41.5 Å². The number of allylic oxidation sites excluding steroid dienone is 1. The highest BCUT2D eigenvalue weighted by Gasteiger charge is 2.59. The van der Waals surface area contributed by atoms with Gasteiger partial charge in [0.05, 0.1) is 0 Å². The molecule has 202 valence electrons. The Morgan fingerprint density at radius 3 is 2.35 bits per heavy atom. The molecular weight excluding hydrogens is 410 g/mol. The predicted octanol–water partition coefficient (Wildman–Crippen LogP) is 10.3. The van der Waals surface area contributed by atoms with E-state index in [1.807, 2.05) is 5.57 Å². The fraction of sp³-hybridized carbons (Fsp3) is 0.939. The van der Waals surface area contributed by atoms with Gasteiger partial charge in [-0.05, 0) is 111 Å². The lowest BCUT2D eigenvalue weighted by atomic mass is 9.47. The van der Waals surface area contributed by atoms with Gasteiger partial charge in [0.25, 0.3) is 0 Å². The molecule has 1 heteroatoms. The molecule has 0 aromatic carbocycles. The van der Waals surface area contributed by atoms with Crippen LogP contribution in [0.25, 0.3) is 0 Å². The molecular formula is C33H65N. The van der Waals surface area contributed by atoms with Crippen LogP contribution >= 0.6 is 0 Å². The van der Waals surface area contributed by atoms with Crippen LogP contribution in [0.1, 0.15) is 141 Å². The van der Waals surface area contributed by atoms with E-state index in [0.29, 0.717) is 10.8 Å². The summed E-state index contributed by atoms with van der Waals surface area (Å²) in [7, 11) is 0. The maximum absolute atomic E-state index is 3.84. The minimum atomic E-state index is 0. The fourth-order valence-electron chi connectivity index (χ4n) is 9.21. The number of fused-ring (bicyclic) bond motifs is 5. The van der Waals surface area contributed by atoms with Gasteiger partial charge in [-0.25, -0.2) is 0 Å². The van der Waals surface area contributed by atoms with Crippen molar-refractivity contribution in [2.45, 2.75) is 147 Å². The van der Waals surface area contributed by atoms with Crippen molar-refractivity contribution >= 4 is 0 Å². The summed E-state index contributed by atoms with van der Waals surface area (Å²) in [4.78, 5) is 0. The highest BCUT2D eigenvalue weighted by molar-refractivity contribution is 5.26. The molecule has 0 aliphatic heterocycles. The molecule has 0 amide bonds. The van der Waals surface area contributed by atoms with Crippen LogP contribution in [0.5, 0.6) is 0 Å². The van der Waals surface area contributed by atoms with Crippen LogP contribution in [0.2, 0.25) is 0 Å². The SMILES string of the molecule is C.C.C.CCCN[C@H]1CCC2(C)C(=CC[C@H]3C2CCC2(C)C([C@H](C)CCCC(C)C)CC[C@@H]32)C1. The van der Waals surface area contributed by atoms with Crippen molar-refractivity contribution in [2.24, 2.45) is 46.3 Å². The number of hydrogen-bond donors (Lipinski definition) is 1. The van der Waals surface area contributed by atoms with Crippen molar-refractivity contribution in [3.63, 3.8) is 0 Å². The average molecular weight is 476 g/mol. The highest BCUT2D eigenvalue weighted by Crippen LogP contribution is 2.67. The van der Waals surface area contributed by atoms with E-state index in [4.69, 9.17) is 0 Å². The summed E-state index contributed by atoms with van der Waals surface area (Å²) in [5, 5.41) is 3.84. The number of hydrogen-bond acceptors (Lipinski definition) is 1. The second-order valence-corrected chi connectivity index (χ2v) is 13.2. The Hall–Kier alpha value is -0.300. The van der Waals surface area contributed by atoms with Crippen LogP contribution in [-0.4, -0.2) is 12.6 Å². The van der Waals surface area contributed by atoms with Crippen LogP contribution < -0.4 is 5.32 Å². The van der Waals surface area contributed by atoms with E-state index >= 15 is 0 Å². The zero-order valence-corrected chi connectivity index (χ0v) is 21.8. The third-order valence-electron chi connectivity index (χ3n) is 11.0. The van der Waals surface area contributed by atoms with Crippen LogP contribution in [0.3, 0.4) is 0 Å². The van der Waals surface area contributed by atoms with Crippen LogP contribution in [0, 0.1) is 46.3 Å². The molecule has 8 atom stereocenters. The zero-order chi connectivity index (χ0) is 22.2. The Bertz CT molecular complexity index is 634. The van der Waals surface area contributed by atoms with E-state index in [1.54, 1.807) is 0 Å². The average Bonchev–Trinajstić information content (AvgIpc) is 3.09. The van der Waals surface area contributed by atoms with Crippen molar-refractivity contribution in [3.05, 3.63) is 11.6 Å². The van der Waals surface area contributed by atoms with Gasteiger partial charge in [0, 0.05) is 6.04 Å². The molecule has 3 saturated carbocycles. The minimum absolute atomic E-state index is 0. The summed E-state index contributed by atoms with van der Waals surface area (Å²) >= 11 is 0. The summed E-state index contributed by atoms with van der Waals surface area (Å²) < 4.78 is 0. The second-order valence-electron chi connectivity index (χ2n) is 13.2. The molecule has 3 fully saturated rings. The van der Waals surface area contributed by atoms with E-state index in [9.17, 15) is 0 Å². The van der Waals surface area contributed by atoms with Gasteiger partial charge in [-0.3, -0.25) is 0 Å². The molecule has 4 rings (SSSR count). The molecule has 4 aliphatic carbocycles. The normalized spacial score (nSPS) is 39.4. The lowest BCUT2D eigenvalue weighted by Crippen LogP contribution is -2.51. The van der Waals surface area contributed by atoms with E-state index in [1.165, 1.54) is 83.6 Å². The van der Waals surface area contributed by atoms with E-state index < -0.39 is 0 Å². The van der Waals surface area contributed by atoms with Gasteiger partial charge in [-0.15, -0.1) is 0 Å². The first kappa shape index (κ1) is 31.7. The van der Waals surface area contributed by atoms with Crippen molar-refractivity contribution in [1.82, 2.24) is 5.32 Å². The first-order valence-corrected chi connectivity index (χ1v) is 14.2. The second kappa shape index (κ2) is 12.8. The summed E-state index contributed by atoms with van der Waals surface area (Å²) in [6.07, 6.45) is 20.0. The third-order valence-corrected chi connectivity index (χ3v) is 11.0. The van der Waals surface area contributed by atoms with Crippen LogP contribution in [0.4, 0.5) is 0 Å². The molecule has 0 aromatic heterocycles. The highest BCUT2D eigenvalue weighted by atomic mass is 14.9. The maximum Gasteiger partial charge on any atom is 0.0105 e. The lowest BCUT2D eigenvalue weighted by Gasteiger charge is -2.58. The largest absolute Gasteiger partial charge is 0.314 e. The monoisotopic (exact) mass is 476 g/mol. The molecule has 1 nitrogen and oxygen atoms in total. The molecule has 0 saturated heterocycles. The lowest BCUT2D eigenvalue weighted by molar-refractivity contribution is -0.0514. The number of rotatable bonds is 8. The summed E-state index contributed by atoms with van der Waals surface area (Å²) in [6.45, 7) is 16.3. The summed E-state index contributed by atoms with van der Waals surface area (Å²) in [5.74, 6) is 5.71. The third kappa shape index (κ3) is 5.81. The van der Waals surface area contributed by atoms with Crippen molar-refractivity contribution in [1.29, 1.82) is 0 Å². The van der Waals surface area contributed by atoms with Crippen molar-refractivity contribution in [3.8, 4) is 0 Å². The molecule has 0 heterocycles. The number of nitrogens with one attached hydrogen (secondary N) is 1. The Morgan fingerprint density at radius 1 is 0.941 bits per heavy atom. The molecule has 0 aromatic rings. The molecule has 0 spiro atoms. The topological polar surface area (TPSA) is 12.0 Å². The predicted molar refractivity (Wildman–Crippen MR) is 155 cm³/mol. The molecule has 0 bridgehead atoms. The van der Waals surface area contributed by atoms with Gasteiger partial charge in [0.1, 0.15) is 0 Å². The standard InChI is InChI=1S/C30H53N.3CH4/c1-7-19-31-24-15-17-29(5)23(20-24)11-12-25-27-14-13-26(22(4)10-8-9-21(2)3)30(27,6)18-16-28(25)29;;;/h11,21-22,24-28,31H,7-10,12-20H2,1-6H3;3*1H4/t22-,24+,25-,26?,27+,28?,29?,30?;;;/m1.../s1. The fourth-order valence-corrected chi connectivity index (χ4v) is 9.21. The van der Waals surface area contributed by atoms with Gasteiger partial charge in [0.2, 0.25) is 0 Å². The molecule has 1 N–H and O–H groups in total. The first-order valence-electron chi connectivity index (χ1n) is 14.2. The van der Waals surface area contributed by atoms with E-state index in [2.05, 4.69) is 52.9 Å². The molecule has 34 heavy (non-hydrogen) atoms. The zero-order valence-electron chi connectivity index (χ0n) is 21.8.